The van der Waals surface area contributed by atoms with Crippen molar-refractivity contribution in [1.82, 2.24) is 0 Å². The molecule has 0 aliphatic rings. The molecule has 0 spiro atoms. The summed E-state index contributed by atoms with van der Waals surface area (Å²) in [6.45, 7) is 4.20. The minimum absolute atomic E-state index is 0.293. The molecule has 0 radical (unpaired) electrons. The van der Waals surface area contributed by atoms with Crippen LogP contribution in [0.15, 0.2) is 0 Å². The zero-order valence-corrected chi connectivity index (χ0v) is 8.10. The van der Waals surface area contributed by atoms with E-state index in [9.17, 15) is 9.00 Å². The van der Waals surface area contributed by atoms with Gasteiger partial charge in [0.15, 0.2) is 0 Å². The third-order valence-electron chi connectivity index (χ3n) is 1.38. The number of carboxylic acid groups (broad SMARTS) is 1. The number of hydrogen-bond donors (Lipinski definition) is 1. The van der Waals surface area contributed by atoms with Crippen molar-refractivity contribution in [3.63, 3.8) is 0 Å². The van der Waals surface area contributed by atoms with Crippen LogP contribution in [0.1, 0.15) is 13.8 Å². The fraction of sp³-hybridized carbons (Fsp3) is 0.857. The molecule has 0 aromatic carbocycles. The third kappa shape index (κ3) is 4.46. The second-order valence-electron chi connectivity index (χ2n) is 2.26. The Labute approximate surface area is 74.4 Å². The van der Waals surface area contributed by atoms with Crippen molar-refractivity contribution in [2.45, 2.75) is 19.1 Å². The van der Waals surface area contributed by atoms with Gasteiger partial charge in [-0.25, -0.2) is 0 Å². The maximum atomic E-state index is 11.1. The maximum Gasteiger partial charge on any atom is 0.318 e. The number of ether oxygens (including phenoxy) is 1. The standard InChI is InChI=1S/C7H14O4S/c1-3-11-4-5-12(10)6(2)7(8)9/h6H,3-5H2,1-2H3,(H,8,9). The van der Waals surface area contributed by atoms with E-state index in [1.807, 2.05) is 6.92 Å². The van der Waals surface area contributed by atoms with Crippen molar-refractivity contribution in [3.05, 3.63) is 0 Å². The molecule has 72 valence electrons. The van der Waals surface area contributed by atoms with Gasteiger partial charge in [0.1, 0.15) is 5.25 Å². The van der Waals surface area contributed by atoms with Crippen molar-refractivity contribution < 1.29 is 18.8 Å². The molecule has 2 unspecified atom stereocenters. The summed E-state index contributed by atoms with van der Waals surface area (Å²) in [6, 6.07) is 0. The van der Waals surface area contributed by atoms with Crippen molar-refractivity contribution in [3.8, 4) is 0 Å². The number of aliphatic carboxylic acids is 1. The fourth-order valence-corrected chi connectivity index (χ4v) is 1.44. The molecule has 0 rings (SSSR count). The molecule has 0 amide bonds. The van der Waals surface area contributed by atoms with E-state index in [-0.39, 0.29) is 0 Å². The lowest BCUT2D eigenvalue weighted by Gasteiger charge is -2.05. The van der Waals surface area contributed by atoms with Gasteiger partial charge in [0.25, 0.3) is 0 Å². The van der Waals surface area contributed by atoms with E-state index >= 15 is 0 Å². The van der Waals surface area contributed by atoms with Gasteiger partial charge in [-0.3, -0.25) is 9.00 Å². The average molecular weight is 194 g/mol. The Kier molecular flexibility index (Phi) is 5.92. The zero-order chi connectivity index (χ0) is 9.56. The van der Waals surface area contributed by atoms with Crippen molar-refractivity contribution >= 4 is 16.8 Å². The first-order valence-corrected chi connectivity index (χ1v) is 5.15. The Morgan fingerprint density at radius 1 is 1.67 bits per heavy atom. The van der Waals surface area contributed by atoms with E-state index in [0.29, 0.717) is 19.0 Å². The van der Waals surface area contributed by atoms with Crippen LogP contribution in [0.2, 0.25) is 0 Å². The van der Waals surface area contributed by atoms with Gasteiger partial charge in [-0.2, -0.15) is 0 Å². The molecule has 0 fully saturated rings. The lowest BCUT2D eigenvalue weighted by molar-refractivity contribution is -0.136. The second-order valence-corrected chi connectivity index (χ2v) is 4.14. The van der Waals surface area contributed by atoms with E-state index in [2.05, 4.69) is 0 Å². The van der Waals surface area contributed by atoms with Crippen LogP contribution in [0.5, 0.6) is 0 Å². The highest BCUT2D eigenvalue weighted by atomic mass is 32.2. The van der Waals surface area contributed by atoms with E-state index in [1.165, 1.54) is 6.92 Å². The quantitative estimate of drug-likeness (QED) is 0.615. The molecule has 0 saturated carbocycles. The van der Waals surface area contributed by atoms with Crippen LogP contribution in [0.25, 0.3) is 0 Å². The average Bonchev–Trinajstić information content (AvgIpc) is 2.03. The van der Waals surface area contributed by atoms with Crippen molar-refractivity contribution in [2.24, 2.45) is 0 Å². The lowest BCUT2D eigenvalue weighted by Crippen LogP contribution is -2.25. The lowest BCUT2D eigenvalue weighted by atomic mass is 10.5. The SMILES string of the molecule is CCOCCS(=O)C(C)C(=O)O. The number of carbonyl (C=O) groups is 1. The van der Waals surface area contributed by atoms with E-state index in [1.54, 1.807) is 0 Å². The minimum atomic E-state index is -1.32. The topological polar surface area (TPSA) is 63.6 Å². The van der Waals surface area contributed by atoms with Crippen molar-refractivity contribution in [1.29, 1.82) is 0 Å². The molecule has 0 aliphatic heterocycles. The predicted octanol–water partition coefficient (Wildman–Crippen LogP) is 0.245. The summed E-state index contributed by atoms with van der Waals surface area (Å²) < 4.78 is 16.1. The van der Waals surface area contributed by atoms with E-state index < -0.39 is 22.0 Å². The highest BCUT2D eigenvalue weighted by molar-refractivity contribution is 7.86. The van der Waals surface area contributed by atoms with E-state index in [4.69, 9.17) is 9.84 Å². The van der Waals surface area contributed by atoms with Gasteiger partial charge in [-0.15, -0.1) is 0 Å². The molecule has 1 N–H and O–H groups in total. The van der Waals surface area contributed by atoms with Crippen LogP contribution in [-0.4, -0.2) is 39.5 Å². The Bertz CT molecular complexity index is 169. The zero-order valence-electron chi connectivity index (χ0n) is 7.28. The molecule has 0 aromatic heterocycles. The normalized spacial score (nSPS) is 15.5. The molecule has 0 aliphatic carbocycles. The molecule has 4 nitrogen and oxygen atoms in total. The van der Waals surface area contributed by atoms with Crippen LogP contribution >= 0.6 is 0 Å². The summed E-state index contributed by atoms with van der Waals surface area (Å²) in [5.74, 6) is -0.730. The number of hydrogen-bond acceptors (Lipinski definition) is 3. The first-order chi connectivity index (χ1) is 5.59. The Balaban J connectivity index is 3.65. The summed E-state index contributed by atoms with van der Waals surface area (Å²) in [4.78, 5) is 10.3. The fourth-order valence-electron chi connectivity index (χ4n) is 0.575. The molecular formula is C7H14O4S. The summed E-state index contributed by atoms with van der Waals surface area (Å²) >= 11 is 0. The van der Waals surface area contributed by atoms with Crippen LogP contribution in [-0.2, 0) is 20.3 Å². The number of rotatable bonds is 6. The number of carboxylic acids is 1. The van der Waals surface area contributed by atoms with Crippen LogP contribution < -0.4 is 0 Å². The van der Waals surface area contributed by atoms with Crippen molar-refractivity contribution in [2.75, 3.05) is 19.0 Å². The Hall–Kier alpha value is -0.420. The Morgan fingerprint density at radius 3 is 2.67 bits per heavy atom. The van der Waals surface area contributed by atoms with Gasteiger partial charge < -0.3 is 9.84 Å². The summed E-state index contributed by atoms with van der Waals surface area (Å²) in [7, 11) is -1.32. The third-order valence-corrected chi connectivity index (χ3v) is 2.93. The molecular weight excluding hydrogens is 180 g/mol. The van der Waals surface area contributed by atoms with E-state index in [0.717, 1.165) is 0 Å². The van der Waals surface area contributed by atoms with Gasteiger partial charge in [0.05, 0.1) is 6.61 Å². The molecule has 0 saturated heterocycles. The van der Waals surface area contributed by atoms with Gasteiger partial charge >= 0.3 is 5.97 Å². The summed E-state index contributed by atoms with van der Waals surface area (Å²) in [5.41, 5.74) is 0. The molecule has 2 atom stereocenters. The highest BCUT2D eigenvalue weighted by Gasteiger charge is 2.17. The molecule has 0 aromatic rings. The van der Waals surface area contributed by atoms with Gasteiger partial charge in [0.2, 0.25) is 0 Å². The first kappa shape index (κ1) is 11.6. The molecule has 0 heterocycles. The minimum Gasteiger partial charge on any atom is -0.480 e. The van der Waals surface area contributed by atoms with Gasteiger partial charge in [-0.1, -0.05) is 0 Å². The van der Waals surface area contributed by atoms with Crippen LogP contribution in [0.3, 0.4) is 0 Å². The first-order valence-electron chi connectivity index (χ1n) is 3.77. The van der Waals surface area contributed by atoms with Gasteiger partial charge in [-0.05, 0) is 13.8 Å². The van der Waals surface area contributed by atoms with Gasteiger partial charge in [0, 0.05) is 23.2 Å². The maximum absolute atomic E-state index is 11.1. The molecule has 5 heteroatoms. The smallest absolute Gasteiger partial charge is 0.318 e. The second kappa shape index (κ2) is 6.14. The largest absolute Gasteiger partial charge is 0.480 e. The molecule has 0 bridgehead atoms. The summed E-state index contributed by atoms with van der Waals surface area (Å²) in [5, 5.41) is 7.67. The van der Waals surface area contributed by atoms with Crippen LogP contribution in [0, 0.1) is 0 Å². The van der Waals surface area contributed by atoms with Crippen LogP contribution in [0.4, 0.5) is 0 Å². The Morgan fingerprint density at radius 2 is 2.25 bits per heavy atom. The monoisotopic (exact) mass is 194 g/mol. The highest BCUT2D eigenvalue weighted by Crippen LogP contribution is 1.96. The molecule has 12 heavy (non-hydrogen) atoms. The predicted molar refractivity (Wildman–Crippen MR) is 46.6 cm³/mol. The summed E-state index contributed by atoms with van der Waals surface area (Å²) in [6.07, 6.45) is 0.